The fourth-order valence-electron chi connectivity index (χ4n) is 1.85. The molecule has 3 N–H and O–H groups in total. The SMILES string of the molecule is CC(C)(C)OC(=O)NC(CCC(=O)O)C(=O)NS(=O)(=O)c1ccccc1. The highest BCUT2D eigenvalue weighted by atomic mass is 32.2. The Hall–Kier alpha value is -2.62. The van der Waals surface area contributed by atoms with E-state index in [0.717, 1.165) is 0 Å². The number of hydrogen-bond donors (Lipinski definition) is 3. The molecule has 10 heteroatoms. The molecule has 0 aliphatic heterocycles. The minimum atomic E-state index is -4.15. The Morgan fingerprint density at radius 3 is 2.23 bits per heavy atom. The van der Waals surface area contributed by atoms with Gasteiger partial charge in [0.15, 0.2) is 0 Å². The van der Waals surface area contributed by atoms with Gasteiger partial charge in [0.2, 0.25) is 0 Å². The predicted octanol–water partition coefficient (Wildman–Crippen LogP) is 1.25. The highest BCUT2D eigenvalue weighted by Crippen LogP contribution is 2.10. The van der Waals surface area contributed by atoms with E-state index < -0.39 is 46.1 Å². The maximum absolute atomic E-state index is 12.3. The number of rotatable bonds is 7. The van der Waals surface area contributed by atoms with Gasteiger partial charge < -0.3 is 15.2 Å². The van der Waals surface area contributed by atoms with Crippen LogP contribution in [-0.2, 0) is 24.3 Å². The Kier molecular flexibility index (Phi) is 7.13. The maximum Gasteiger partial charge on any atom is 0.408 e. The number of ether oxygens (including phenoxy) is 1. The van der Waals surface area contributed by atoms with Gasteiger partial charge in [-0.05, 0) is 39.3 Å². The van der Waals surface area contributed by atoms with Gasteiger partial charge in [0.05, 0.1) is 4.90 Å². The number of hydrogen-bond acceptors (Lipinski definition) is 6. The number of carbonyl (C=O) groups is 3. The van der Waals surface area contributed by atoms with Gasteiger partial charge in [-0.2, -0.15) is 0 Å². The van der Waals surface area contributed by atoms with Crippen LogP contribution in [0.15, 0.2) is 35.2 Å². The second kappa shape index (κ2) is 8.65. The van der Waals surface area contributed by atoms with Gasteiger partial charge in [-0.3, -0.25) is 9.59 Å². The molecule has 0 aromatic heterocycles. The zero-order chi connectivity index (χ0) is 20.0. The number of carboxylic acids is 1. The van der Waals surface area contributed by atoms with Gasteiger partial charge in [-0.15, -0.1) is 0 Å². The minimum absolute atomic E-state index is 0.136. The van der Waals surface area contributed by atoms with Crippen LogP contribution in [0.1, 0.15) is 33.6 Å². The summed E-state index contributed by atoms with van der Waals surface area (Å²) in [5, 5.41) is 11.0. The van der Waals surface area contributed by atoms with Crippen LogP contribution in [0, 0.1) is 0 Å². The first-order valence-corrected chi connectivity index (χ1v) is 9.22. The van der Waals surface area contributed by atoms with Crippen molar-refractivity contribution in [3.05, 3.63) is 30.3 Å². The quantitative estimate of drug-likeness (QED) is 0.641. The smallest absolute Gasteiger partial charge is 0.408 e. The van der Waals surface area contributed by atoms with Crippen LogP contribution in [-0.4, -0.2) is 43.1 Å². The van der Waals surface area contributed by atoms with Crippen molar-refractivity contribution in [1.82, 2.24) is 10.0 Å². The standard InChI is InChI=1S/C16H22N2O7S/c1-16(2,3)25-15(22)17-12(9-10-13(19)20)14(21)18-26(23,24)11-7-5-4-6-8-11/h4-8,12H,9-10H2,1-3H3,(H,17,22)(H,18,21)(H,19,20). The minimum Gasteiger partial charge on any atom is -0.481 e. The van der Waals surface area contributed by atoms with E-state index in [0.29, 0.717) is 0 Å². The number of sulfonamides is 1. The van der Waals surface area contributed by atoms with Crippen LogP contribution in [0.3, 0.4) is 0 Å². The molecule has 0 spiro atoms. The lowest BCUT2D eigenvalue weighted by molar-refractivity contribution is -0.137. The molecule has 0 radical (unpaired) electrons. The van der Waals surface area contributed by atoms with Crippen molar-refractivity contribution in [2.75, 3.05) is 0 Å². The summed E-state index contributed by atoms with van der Waals surface area (Å²) in [6.07, 6.45) is -1.70. The number of aliphatic carboxylic acids is 1. The number of nitrogens with one attached hydrogen (secondary N) is 2. The molecular weight excluding hydrogens is 364 g/mol. The van der Waals surface area contributed by atoms with Crippen molar-refractivity contribution in [1.29, 1.82) is 0 Å². The molecule has 0 aliphatic rings. The first-order chi connectivity index (χ1) is 11.9. The number of benzene rings is 1. The molecule has 0 aliphatic carbocycles. The van der Waals surface area contributed by atoms with E-state index >= 15 is 0 Å². The highest BCUT2D eigenvalue weighted by molar-refractivity contribution is 7.90. The molecule has 1 aromatic rings. The lowest BCUT2D eigenvalue weighted by Crippen LogP contribution is -2.49. The van der Waals surface area contributed by atoms with Crippen LogP contribution in [0.5, 0.6) is 0 Å². The average molecular weight is 386 g/mol. The summed E-state index contributed by atoms with van der Waals surface area (Å²) in [7, 11) is -4.15. The van der Waals surface area contributed by atoms with E-state index in [2.05, 4.69) is 5.32 Å². The molecule has 0 fully saturated rings. The lowest BCUT2D eigenvalue weighted by Gasteiger charge is -2.23. The molecule has 0 bridgehead atoms. The molecule has 2 amide bonds. The third-order valence-corrected chi connectivity index (χ3v) is 4.31. The Morgan fingerprint density at radius 1 is 1.15 bits per heavy atom. The van der Waals surface area contributed by atoms with Gasteiger partial charge in [-0.1, -0.05) is 18.2 Å². The van der Waals surface area contributed by atoms with Crippen LogP contribution >= 0.6 is 0 Å². The maximum atomic E-state index is 12.3. The molecule has 144 valence electrons. The van der Waals surface area contributed by atoms with Gasteiger partial charge in [0, 0.05) is 6.42 Å². The van der Waals surface area contributed by atoms with Gasteiger partial charge in [0.25, 0.3) is 15.9 Å². The van der Waals surface area contributed by atoms with Crippen molar-refractivity contribution in [3.8, 4) is 0 Å². The number of alkyl carbamates (subject to hydrolysis) is 1. The fraction of sp³-hybridized carbons (Fsp3) is 0.438. The van der Waals surface area contributed by atoms with Crippen molar-refractivity contribution in [3.63, 3.8) is 0 Å². The number of amides is 2. The van der Waals surface area contributed by atoms with Gasteiger partial charge in [-0.25, -0.2) is 17.9 Å². The molecule has 0 heterocycles. The molecule has 1 aromatic carbocycles. The Labute approximate surface area is 151 Å². The lowest BCUT2D eigenvalue weighted by atomic mass is 10.1. The van der Waals surface area contributed by atoms with E-state index in [1.54, 1.807) is 26.8 Å². The van der Waals surface area contributed by atoms with E-state index in [1.807, 2.05) is 4.72 Å². The number of carboxylic acid groups (broad SMARTS) is 1. The monoisotopic (exact) mass is 386 g/mol. The van der Waals surface area contributed by atoms with Crippen molar-refractivity contribution < 1.29 is 32.6 Å². The molecule has 1 atom stereocenters. The van der Waals surface area contributed by atoms with Crippen molar-refractivity contribution in [2.45, 2.75) is 50.2 Å². The molecule has 26 heavy (non-hydrogen) atoms. The summed E-state index contributed by atoms with van der Waals surface area (Å²) in [4.78, 5) is 34.8. The number of carbonyl (C=O) groups excluding carboxylic acids is 2. The highest BCUT2D eigenvalue weighted by Gasteiger charge is 2.28. The van der Waals surface area contributed by atoms with Crippen LogP contribution in [0.2, 0.25) is 0 Å². The summed E-state index contributed by atoms with van der Waals surface area (Å²) in [5.74, 6) is -2.25. The first kappa shape index (κ1) is 21.4. The summed E-state index contributed by atoms with van der Waals surface area (Å²) in [6, 6.07) is 5.78. The molecule has 1 rings (SSSR count). The Balaban J connectivity index is 2.90. The van der Waals surface area contributed by atoms with E-state index in [1.165, 1.54) is 24.3 Å². The second-order valence-corrected chi connectivity index (χ2v) is 8.10. The molecular formula is C16H22N2O7S. The van der Waals surface area contributed by atoms with Gasteiger partial charge in [0.1, 0.15) is 11.6 Å². The largest absolute Gasteiger partial charge is 0.481 e. The Morgan fingerprint density at radius 2 is 1.73 bits per heavy atom. The summed E-state index contributed by atoms with van der Waals surface area (Å²) in [5.41, 5.74) is -0.839. The van der Waals surface area contributed by atoms with Gasteiger partial charge >= 0.3 is 12.1 Å². The summed E-state index contributed by atoms with van der Waals surface area (Å²) >= 11 is 0. The van der Waals surface area contributed by atoms with E-state index in [9.17, 15) is 22.8 Å². The third kappa shape index (κ3) is 7.51. The van der Waals surface area contributed by atoms with Crippen LogP contribution in [0.25, 0.3) is 0 Å². The van der Waals surface area contributed by atoms with Crippen LogP contribution in [0.4, 0.5) is 4.79 Å². The average Bonchev–Trinajstić information content (AvgIpc) is 2.49. The fourth-order valence-corrected chi connectivity index (χ4v) is 2.89. The molecule has 0 saturated carbocycles. The van der Waals surface area contributed by atoms with Crippen molar-refractivity contribution in [2.24, 2.45) is 0 Å². The third-order valence-electron chi connectivity index (χ3n) is 2.94. The second-order valence-electron chi connectivity index (χ2n) is 6.41. The topological polar surface area (TPSA) is 139 Å². The molecule has 0 saturated heterocycles. The van der Waals surface area contributed by atoms with E-state index in [-0.39, 0.29) is 11.3 Å². The summed E-state index contributed by atoms with van der Waals surface area (Å²) in [6.45, 7) is 4.83. The zero-order valence-electron chi connectivity index (χ0n) is 14.7. The molecule has 1 unspecified atom stereocenters. The first-order valence-electron chi connectivity index (χ1n) is 7.74. The molecule has 9 nitrogen and oxygen atoms in total. The van der Waals surface area contributed by atoms with Crippen molar-refractivity contribution >= 4 is 28.0 Å². The Bertz CT molecular complexity index is 755. The zero-order valence-corrected chi connectivity index (χ0v) is 15.5. The van der Waals surface area contributed by atoms with Crippen LogP contribution < -0.4 is 10.0 Å². The van der Waals surface area contributed by atoms with E-state index in [4.69, 9.17) is 9.84 Å². The summed E-state index contributed by atoms with van der Waals surface area (Å²) < 4.78 is 31.3. The predicted molar refractivity (Wildman–Crippen MR) is 91.8 cm³/mol. The normalized spacial score (nSPS) is 12.7.